The van der Waals surface area contributed by atoms with Gasteiger partial charge in [0.2, 0.25) is 5.91 Å². The quantitative estimate of drug-likeness (QED) is 0.489. The molecule has 1 aliphatic heterocycles. The summed E-state index contributed by atoms with van der Waals surface area (Å²) in [6.07, 6.45) is 14.9. The third-order valence-electron chi connectivity index (χ3n) is 7.17. The van der Waals surface area contributed by atoms with Gasteiger partial charge in [-0.3, -0.25) is 9.59 Å². The Bertz CT molecular complexity index is 775. The first kappa shape index (κ1) is 21.1. The van der Waals surface area contributed by atoms with E-state index in [1.807, 2.05) is 21.9 Å². The molecule has 1 atom stereocenters. The van der Waals surface area contributed by atoms with E-state index in [1.165, 1.54) is 36.8 Å². The van der Waals surface area contributed by atoms with Gasteiger partial charge >= 0.3 is 0 Å². The number of piperazine rings is 1. The number of benzene rings is 1. The lowest BCUT2D eigenvalue weighted by molar-refractivity contribution is -0.158. The number of aryl methyl sites for hydroxylation is 1. The van der Waals surface area contributed by atoms with Crippen LogP contribution in [0.3, 0.4) is 0 Å². The molecule has 0 unspecified atom stereocenters. The highest BCUT2D eigenvalue weighted by atomic mass is 16.2. The second kappa shape index (κ2) is 9.80. The average molecular weight is 409 g/mol. The largest absolute Gasteiger partial charge is 0.328 e. The number of rotatable bonds is 5. The van der Waals surface area contributed by atoms with Gasteiger partial charge in [0.05, 0.1) is 0 Å². The van der Waals surface area contributed by atoms with E-state index in [-0.39, 0.29) is 24.4 Å². The summed E-state index contributed by atoms with van der Waals surface area (Å²) >= 11 is 0. The fraction of sp³-hybridized carbons (Fsp3) is 0.615. The maximum absolute atomic E-state index is 13.7. The zero-order valence-electron chi connectivity index (χ0n) is 18.4. The van der Waals surface area contributed by atoms with Crippen LogP contribution in [0.2, 0.25) is 0 Å². The molecule has 1 saturated heterocycles. The van der Waals surface area contributed by atoms with Crippen LogP contribution in [0.15, 0.2) is 35.9 Å². The fourth-order valence-electron chi connectivity index (χ4n) is 5.35. The van der Waals surface area contributed by atoms with Crippen molar-refractivity contribution in [2.75, 3.05) is 13.1 Å². The SMILES string of the molecule is Cc1ccc([C@@H]2C(=O)N(C3CCCCCC3)CC(=O)N2CCC2=CCCCC2)cc1. The summed E-state index contributed by atoms with van der Waals surface area (Å²) in [7, 11) is 0. The Labute approximate surface area is 181 Å². The molecule has 2 amide bonds. The molecule has 162 valence electrons. The van der Waals surface area contributed by atoms with E-state index in [2.05, 4.69) is 25.1 Å². The monoisotopic (exact) mass is 408 g/mol. The number of carbonyl (C=O) groups is 2. The van der Waals surface area contributed by atoms with Crippen LogP contribution in [0.1, 0.15) is 87.8 Å². The van der Waals surface area contributed by atoms with Crippen molar-refractivity contribution in [1.82, 2.24) is 9.80 Å². The summed E-state index contributed by atoms with van der Waals surface area (Å²) in [5.41, 5.74) is 3.58. The van der Waals surface area contributed by atoms with Crippen LogP contribution < -0.4 is 0 Å². The summed E-state index contributed by atoms with van der Waals surface area (Å²) in [6.45, 7) is 2.96. The van der Waals surface area contributed by atoms with Crippen LogP contribution in [0, 0.1) is 6.92 Å². The first-order valence-corrected chi connectivity index (χ1v) is 12.0. The maximum atomic E-state index is 13.7. The lowest BCUT2D eigenvalue weighted by Gasteiger charge is -2.43. The van der Waals surface area contributed by atoms with Crippen LogP contribution in [-0.4, -0.2) is 40.7 Å². The molecule has 30 heavy (non-hydrogen) atoms. The summed E-state index contributed by atoms with van der Waals surface area (Å²) in [5.74, 6) is 0.240. The molecule has 4 nitrogen and oxygen atoms in total. The summed E-state index contributed by atoms with van der Waals surface area (Å²) < 4.78 is 0. The lowest BCUT2D eigenvalue weighted by Crippen LogP contribution is -2.58. The van der Waals surface area contributed by atoms with Gasteiger partial charge in [0, 0.05) is 12.6 Å². The summed E-state index contributed by atoms with van der Waals surface area (Å²) in [5, 5.41) is 0. The highest BCUT2D eigenvalue weighted by Gasteiger charge is 2.42. The highest BCUT2D eigenvalue weighted by molar-refractivity contribution is 5.95. The molecule has 4 rings (SSSR count). The van der Waals surface area contributed by atoms with Crippen LogP contribution in [0.4, 0.5) is 0 Å². The van der Waals surface area contributed by atoms with Gasteiger partial charge in [-0.05, 0) is 57.4 Å². The standard InChI is InChI=1S/C26H36N2O2/c1-20-13-15-22(16-14-20)25-26(30)28(23-11-7-2-3-8-12-23)19-24(29)27(25)18-17-21-9-5-4-6-10-21/h9,13-16,23,25H,2-8,10-12,17-19H2,1H3/t25-/m1/s1. The van der Waals surface area contributed by atoms with Crippen LogP contribution in [0.25, 0.3) is 0 Å². The Hall–Kier alpha value is -2.10. The van der Waals surface area contributed by atoms with Crippen LogP contribution >= 0.6 is 0 Å². The predicted molar refractivity (Wildman–Crippen MR) is 120 cm³/mol. The molecule has 1 saturated carbocycles. The van der Waals surface area contributed by atoms with Crippen molar-refractivity contribution >= 4 is 11.8 Å². The van der Waals surface area contributed by atoms with Crippen LogP contribution in [0.5, 0.6) is 0 Å². The molecule has 4 heteroatoms. The first-order chi connectivity index (χ1) is 14.6. The molecular formula is C26H36N2O2. The summed E-state index contributed by atoms with van der Waals surface area (Å²) in [4.78, 5) is 30.9. The third-order valence-corrected chi connectivity index (χ3v) is 7.17. The fourth-order valence-corrected chi connectivity index (χ4v) is 5.35. The van der Waals surface area contributed by atoms with Gasteiger partial charge in [-0.2, -0.15) is 0 Å². The van der Waals surface area contributed by atoms with Gasteiger partial charge in [-0.15, -0.1) is 0 Å². The molecule has 3 aliphatic rings. The molecule has 2 fully saturated rings. The number of nitrogens with zero attached hydrogens (tertiary/aromatic N) is 2. The van der Waals surface area contributed by atoms with Gasteiger partial charge < -0.3 is 9.80 Å². The van der Waals surface area contributed by atoms with E-state index in [0.717, 1.165) is 50.5 Å². The smallest absolute Gasteiger partial charge is 0.250 e. The molecule has 1 aromatic carbocycles. The Kier molecular flexibility index (Phi) is 6.91. The predicted octanol–water partition coefficient (Wildman–Crippen LogP) is 5.32. The second-order valence-electron chi connectivity index (χ2n) is 9.37. The molecule has 0 spiro atoms. The van der Waals surface area contributed by atoms with Crippen molar-refractivity contribution in [1.29, 1.82) is 0 Å². The van der Waals surface area contributed by atoms with Crippen molar-refractivity contribution in [3.05, 3.63) is 47.0 Å². The van der Waals surface area contributed by atoms with Crippen LogP contribution in [-0.2, 0) is 9.59 Å². The number of hydrogen-bond donors (Lipinski definition) is 0. The number of hydrogen-bond acceptors (Lipinski definition) is 2. The van der Waals surface area contributed by atoms with Crippen molar-refractivity contribution in [3.63, 3.8) is 0 Å². The maximum Gasteiger partial charge on any atom is 0.250 e. The molecule has 0 N–H and O–H groups in total. The molecule has 0 aromatic heterocycles. The zero-order valence-corrected chi connectivity index (χ0v) is 18.4. The zero-order chi connectivity index (χ0) is 20.9. The molecular weight excluding hydrogens is 372 g/mol. The van der Waals surface area contributed by atoms with E-state index in [9.17, 15) is 9.59 Å². The molecule has 1 aromatic rings. The Morgan fingerprint density at radius 1 is 0.933 bits per heavy atom. The molecule has 0 bridgehead atoms. The second-order valence-corrected chi connectivity index (χ2v) is 9.37. The third kappa shape index (κ3) is 4.79. The van der Waals surface area contributed by atoms with Gasteiger partial charge in [-0.1, -0.05) is 67.2 Å². The van der Waals surface area contributed by atoms with E-state index in [4.69, 9.17) is 0 Å². The van der Waals surface area contributed by atoms with E-state index >= 15 is 0 Å². The average Bonchev–Trinajstić information content (AvgIpc) is 3.05. The summed E-state index contributed by atoms with van der Waals surface area (Å²) in [6, 6.07) is 7.93. The van der Waals surface area contributed by atoms with Crippen molar-refractivity contribution in [3.8, 4) is 0 Å². The van der Waals surface area contributed by atoms with Gasteiger partial charge in [0.15, 0.2) is 0 Å². The van der Waals surface area contributed by atoms with E-state index in [0.29, 0.717) is 6.54 Å². The minimum absolute atomic E-state index is 0.112. The Balaban J connectivity index is 1.58. The lowest BCUT2D eigenvalue weighted by atomic mass is 9.94. The van der Waals surface area contributed by atoms with Crippen molar-refractivity contribution < 1.29 is 9.59 Å². The highest BCUT2D eigenvalue weighted by Crippen LogP contribution is 2.33. The van der Waals surface area contributed by atoms with E-state index < -0.39 is 6.04 Å². The Morgan fingerprint density at radius 3 is 2.33 bits per heavy atom. The normalized spacial score (nSPS) is 24.0. The number of amides is 2. The molecule has 0 radical (unpaired) electrons. The number of allylic oxidation sites excluding steroid dienone is 1. The molecule has 2 aliphatic carbocycles. The van der Waals surface area contributed by atoms with E-state index in [1.54, 1.807) is 0 Å². The van der Waals surface area contributed by atoms with Gasteiger partial charge in [-0.25, -0.2) is 0 Å². The first-order valence-electron chi connectivity index (χ1n) is 12.0. The topological polar surface area (TPSA) is 40.6 Å². The van der Waals surface area contributed by atoms with Crippen molar-refractivity contribution in [2.45, 2.75) is 89.6 Å². The van der Waals surface area contributed by atoms with Gasteiger partial charge in [0.1, 0.15) is 12.6 Å². The number of carbonyl (C=O) groups excluding carboxylic acids is 2. The molecule has 1 heterocycles. The minimum atomic E-state index is -0.473. The van der Waals surface area contributed by atoms with Crippen molar-refractivity contribution in [2.24, 2.45) is 0 Å². The minimum Gasteiger partial charge on any atom is -0.328 e. The Morgan fingerprint density at radius 2 is 1.67 bits per heavy atom. The van der Waals surface area contributed by atoms with Gasteiger partial charge in [0.25, 0.3) is 5.91 Å².